The summed E-state index contributed by atoms with van der Waals surface area (Å²) in [6, 6.07) is 0. The molecule has 2 aliphatic carbocycles. The van der Waals surface area contributed by atoms with Crippen LogP contribution in [0.4, 0.5) is 19.0 Å². The van der Waals surface area contributed by atoms with Crippen LogP contribution in [0.5, 0.6) is 0 Å². The minimum Gasteiger partial charge on any atom is -0.388 e. The SMILES string of the molecule is CC1=C(n2c(N)c(C(N)=O)c3nc(C4(C(F)(F)F)CC4)cnc32)[C@@H](C)[C@H](O)C=C1. The normalized spacial score (nSPS) is 23.7. The van der Waals surface area contributed by atoms with E-state index in [1.54, 1.807) is 26.0 Å². The van der Waals surface area contributed by atoms with Gasteiger partial charge in [0, 0.05) is 11.6 Å². The van der Waals surface area contributed by atoms with Gasteiger partial charge in [-0.3, -0.25) is 9.36 Å². The van der Waals surface area contributed by atoms with E-state index in [0.29, 0.717) is 5.70 Å². The van der Waals surface area contributed by atoms with Gasteiger partial charge in [-0.15, -0.1) is 0 Å². The number of rotatable bonds is 3. The molecule has 2 heterocycles. The predicted octanol–water partition coefficient (Wildman–Crippen LogP) is 2.50. The molecule has 1 amide bonds. The number of hydrogen-bond donors (Lipinski definition) is 3. The molecule has 0 bridgehead atoms. The Morgan fingerprint density at radius 3 is 2.59 bits per heavy atom. The van der Waals surface area contributed by atoms with Gasteiger partial charge < -0.3 is 16.6 Å². The molecule has 29 heavy (non-hydrogen) atoms. The number of aliphatic hydroxyl groups is 1. The highest BCUT2D eigenvalue weighted by atomic mass is 19.4. The van der Waals surface area contributed by atoms with Gasteiger partial charge in [0.15, 0.2) is 5.65 Å². The zero-order valence-electron chi connectivity index (χ0n) is 15.8. The lowest BCUT2D eigenvalue weighted by molar-refractivity contribution is -0.161. The number of aromatic nitrogens is 3. The minimum atomic E-state index is -4.47. The third-order valence-corrected chi connectivity index (χ3v) is 5.86. The second-order valence-electron chi connectivity index (χ2n) is 7.67. The zero-order chi connectivity index (χ0) is 21.3. The average molecular weight is 407 g/mol. The summed E-state index contributed by atoms with van der Waals surface area (Å²) < 4.78 is 42.0. The molecule has 5 N–H and O–H groups in total. The molecule has 1 fully saturated rings. The number of fused-ring (bicyclic) bond motifs is 1. The van der Waals surface area contributed by atoms with Gasteiger partial charge in [0.25, 0.3) is 5.91 Å². The van der Waals surface area contributed by atoms with Gasteiger partial charge in [-0.05, 0) is 25.3 Å². The number of anilines is 1. The monoisotopic (exact) mass is 407 g/mol. The summed E-state index contributed by atoms with van der Waals surface area (Å²) in [5.74, 6) is -1.37. The van der Waals surface area contributed by atoms with E-state index in [0.717, 1.165) is 11.8 Å². The van der Waals surface area contributed by atoms with E-state index in [2.05, 4.69) is 9.97 Å². The van der Waals surface area contributed by atoms with Crippen LogP contribution < -0.4 is 11.5 Å². The maximum absolute atomic E-state index is 13.5. The first-order valence-corrected chi connectivity index (χ1v) is 9.11. The Kier molecular flexibility index (Phi) is 4.06. The Labute approximate surface area is 163 Å². The van der Waals surface area contributed by atoms with Crippen molar-refractivity contribution in [2.24, 2.45) is 11.7 Å². The standard InChI is InChI=1S/C19H20F3N5O2/c1-8-3-4-10(28)9(2)14(8)27-15(23)12(16(24)29)13-17(27)25-7-11(26-13)18(5-6-18)19(20,21)22/h3-4,7,9-10,28H,5-6,23H2,1-2H3,(H2,24,29)/t9-,10+/m0/s1. The number of carbonyl (C=O) groups excluding carboxylic acids is 1. The molecular formula is C19H20F3N5O2. The number of primary amides is 1. The summed E-state index contributed by atoms with van der Waals surface area (Å²) >= 11 is 0. The lowest BCUT2D eigenvalue weighted by Crippen LogP contribution is -2.30. The van der Waals surface area contributed by atoms with Gasteiger partial charge in [-0.1, -0.05) is 19.1 Å². The molecule has 0 aromatic carbocycles. The second kappa shape index (κ2) is 6.06. The highest BCUT2D eigenvalue weighted by Crippen LogP contribution is 2.58. The topological polar surface area (TPSA) is 120 Å². The fourth-order valence-electron chi connectivity index (χ4n) is 3.98. The maximum Gasteiger partial charge on any atom is 0.400 e. The molecule has 0 radical (unpaired) electrons. The average Bonchev–Trinajstić information content (AvgIpc) is 3.39. The van der Waals surface area contributed by atoms with Gasteiger partial charge in [0.2, 0.25) is 0 Å². The number of halogens is 3. The largest absolute Gasteiger partial charge is 0.400 e. The van der Waals surface area contributed by atoms with Crippen LogP contribution in [0.1, 0.15) is 42.7 Å². The minimum absolute atomic E-state index is 0.0646. The number of nitrogen functional groups attached to an aromatic ring is 1. The van der Waals surface area contributed by atoms with Crippen molar-refractivity contribution < 1.29 is 23.1 Å². The first-order valence-electron chi connectivity index (χ1n) is 9.11. The van der Waals surface area contributed by atoms with Crippen LogP contribution in [0.15, 0.2) is 23.9 Å². The Balaban J connectivity index is 2.01. The molecule has 10 heteroatoms. The van der Waals surface area contributed by atoms with Crippen LogP contribution in [0.2, 0.25) is 0 Å². The Morgan fingerprint density at radius 2 is 2.03 bits per heavy atom. The van der Waals surface area contributed by atoms with Crippen molar-refractivity contribution >= 4 is 28.6 Å². The molecule has 4 rings (SSSR count). The van der Waals surface area contributed by atoms with Crippen LogP contribution in [0.25, 0.3) is 16.9 Å². The van der Waals surface area contributed by atoms with Gasteiger partial charge >= 0.3 is 6.18 Å². The molecule has 2 atom stereocenters. The number of carbonyl (C=O) groups is 1. The number of allylic oxidation sites excluding steroid dienone is 2. The molecule has 2 aromatic rings. The molecule has 0 saturated heterocycles. The molecule has 2 aliphatic rings. The van der Waals surface area contributed by atoms with Crippen molar-refractivity contribution in [3.8, 4) is 0 Å². The zero-order valence-corrected chi connectivity index (χ0v) is 15.8. The van der Waals surface area contributed by atoms with Crippen LogP contribution >= 0.6 is 0 Å². The lowest BCUT2D eigenvalue weighted by atomic mass is 9.91. The number of hydrogen-bond acceptors (Lipinski definition) is 5. The molecule has 7 nitrogen and oxygen atoms in total. The number of amides is 1. The van der Waals surface area contributed by atoms with Crippen LogP contribution in [0.3, 0.4) is 0 Å². The van der Waals surface area contributed by atoms with E-state index >= 15 is 0 Å². The first kappa shape index (κ1) is 19.4. The number of aliphatic hydroxyl groups excluding tert-OH is 1. The van der Waals surface area contributed by atoms with E-state index in [9.17, 15) is 23.1 Å². The third kappa shape index (κ3) is 2.65. The fourth-order valence-corrected chi connectivity index (χ4v) is 3.98. The van der Waals surface area contributed by atoms with Crippen molar-refractivity contribution in [2.45, 2.75) is 44.4 Å². The summed E-state index contributed by atoms with van der Waals surface area (Å²) in [7, 11) is 0. The predicted molar refractivity (Wildman–Crippen MR) is 101 cm³/mol. The summed E-state index contributed by atoms with van der Waals surface area (Å²) in [6.07, 6.45) is -1.02. The fraction of sp³-hybridized carbons (Fsp3) is 0.421. The summed E-state index contributed by atoms with van der Waals surface area (Å²) in [4.78, 5) is 20.5. The number of nitrogens with two attached hydrogens (primary N) is 2. The van der Waals surface area contributed by atoms with Gasteiger partial charge in [-0.25, -0.2) is 9.97 Å². The van der Waals surface area contributed by atoms with E-state index in [4.69, 9.17) is 11.5 Å². The van der Waals surface area contributed by atoms with Gasteiger partial charge in [0.1, 0.15) is 22.3 Å². The molecule has 154 valence electrons. The van der Waals surface area contributed by atoms with Gasteiger partial charge in [0.05, 0.1) is 18.0 Å². The van der Waals surface area contributed by atoms with Crippen LogP contribution in [0, 0.1) is 5.92 Å². The van der Waals surface area contributed by atoms with Crippen LogP contribution in [-0.4, -0.2) is 37.8 Å². The molecule has 0 aliphatic heterocycles. The molecule has 1 saturated carbocycles. The van der Waals surface area contributed by atoms with Crippen molar-refractivity contribution in [3.05, 3.63) is 35.2 Å². The van der Waals surface area contributed by atoms with Crippen molar-refractivity contribution in [3.63, 3.8) is 0 Å². The third-order valence-electron chi connectivity index (χ3n) is 5.86. The quantitative estimate of drug-likeness (QED) is 0.722. The number of alkyl halides is 3. The highest BCUT2D eigenvalue weighted by molar-refractivity contribution is 6.10. The van der Waals surface area contributed by atoms with E-state index in [1.807, 2.05) is 0 Å². The van der Waals surface area contributed by atoms with Gasteiger partial charge in [-0.2, -0.15) is 13.2 Å². The van der Waals surface area contributed by atoms with E-state index in [1.165, 1.54) is 4.57 Å². The molecule has 0 unspecified atom stereocenters. The summed E-state index contributed by atoms with van der Waals surface area (Å²) in [5, 5.41) is 10.2. The lowest BCUT2D eigenvalue weighted by Gasteiger charge is -2.27. The summed E-state index contributed by atoms with van der Waals surface area (Å²) in [6.45, 7) is 3.57. The second-order valence-corrected chi connectivity index (χ2v) is 7.67. The smallest absolute Gasteiger partial charge is 0.388 e. The van der Waals surface area contributed by atoms with Crippen molar-refractivity contribution in [1.29, 1.82) is 0 Å². The molecule has 0 spiro atoms. The Hall–Kier alpha value is -2.88. The van der Waals surface area contributed by atoms with Crippen molar-refractivity contribution in [1.82, 2.24) is 14.5 Å². The van der Waals surface area contributed by atoms with E-state index in [-0.39, 0.29) is 41.1 Å². The van der Waals surface area contributed by atoms with Crippen LogP contribution in [-0.2, 0) is 5.41 Å². The summed E-state index contributed by atoms with van der Waals surface area (Å²) in [5.41, 5.74) is 10.6. The Morgan fingerprint density at radius 1 is 1.38 bits per heavy atom. The molecule has 2 aromatic heterocycles. The van der Waals surface area contributed by atoms with Crippen molar-refractivity contribution in [2.75, 3.05) is 5.73 Å². The molecular weight excluding hydrogens is 387 g/mol. The number of nitrogens with zero attached hydrogens (tertiary/aromatic N) is 3. The maximum atomic E-state index is 13.5. The highest BCUT2D eigenvalue weighted by Gasteiger charge is 2.65. The van der Waals surface area contributed by atoms with E-state index < -0.39 is 29.5 Å². The first-order chi connectivity index (χ1) is 13.5. The Bertz CT molecular complexity index is 1100.